The third-order valence-corrected chi connectivity index (χ3v) is 4.62. The van der Waals surface area contributed by atoms with Gasteiger partial charge in [0.05, 0.1) is 13.2 Å². The van der Waals surface area contributed by atoms with Crippen LogP contribution in [0.3, 0.4) is 0 Å². The molecule has 0 spiro atoms. The Hall–Kier alpha value is -1.39. The number of aryl methyl sites for hydroxylation is 2. The van der Waals surface area contributed by atoms with Gasteiger partial charge in [-0.05, 0) is 38.1 Å². The fourth-order valence-electron chi connectivity index (χ4n) is 2.22. The number of nitrogens with one attached hydrogen (secondary N) is 1. The van der Waals surface area contributed by atoms with Crippen LogP contribution < -0.4 is 10.1 Å². The van der Waals surface area contributed by atoms with E-state index in [-0.39, 0.29) is 17.6 Å². The number of ether oxygens (including phenoxy) is 1. The van der Waals surface area contributed by atoms with Gasteiger partial charge in [0.2, 0.25) is 0 Å². The molecule has 2 nitrogen and oxygen atoms in total. The van der Waals surface area contributed by atoms with E-state index in [1.165, 1.54) is 17.6 Å². The van der Waals surface area contributed by atoms with E-state index in [2.05, 4.69) is 25.2 Å². The van der Waals surface area contributed by atoms with E-state index < -0.39 is 0 Å². The molecule has 1 unspecified atom stereocenters. The molecular formula is C16H20FNOS. The van der Waals surface area contributed by atoms with Crippen molar-refractivity contribution in [2.24, 2.45) is 0 Å². The summed E-state index contributed by atoms with van der Waals surface area (Å²) >= 11 is 1.71. The molecule has 1 aromatic carbocycles. The fourth-order valence-corrected chi connectivity index (χ4v) is 3.36. The molecule has 20 heavy (non-hydrogen) atoms. The molecule has 0 saturated heterocycles. The Bertz CT molecular complexity index is 575. The third kappa shape index (κ3) is 2.86. The third-order valence-electron chi connectivity index (χ3n) is 3.40. The van der Waals surface area contributed by atoms with Crippen LogP contribution in [0.25, 0.3) is 0 Å². The monoisotopic (exact) mass is 293 g/mol. The molecule has 1 atom stereocenters. The average Bonchev–Trinajstić information content (AvgIpc) is 2.76. The van der Waals surface area contributed by atoms with Crippen molar-refractivity contribution < 1.29 is 9.13 Å². The zero-order valence-electron chi connectivity index (χ0n) is 12.3. The molecule has 1 aromatic heterocycles. The minimum atomic E-state index is -0.287. The summed E-state index contributed by atoms with van der Waals surface area (Å²) in [4.78, 5) is 2.40. The predicted octanol–water partition coefficient (Wildman–Crippen LogP) is 4.21. The maximum Gasteiger partial charge on any atom is 0.170 e. The van der Waals surface area contributed by atoms with Crippen molar-refractivity contribution >= 4 is 11.3 Å². The molecular weight excluding hydrogens is 273 g/mol. The molecule has 0 aliphatic carbocycles. The first-order valence-corrected chi connectivity index (χ1v) is 7.52. The lowest BCUT2D eigenvalue weighted by atomic mass is 10.0. The van der Waals surface area contributed by atoms with Crippen molar-refractivity contribution in [1.29, 1.82) is 0 Å². The number of rotatable bonds is 5. The zero-order valence-corrected chi connectivity index (χ0v) is 13.1. The molecule has 1 heterocycles. The first-order valence-electron chi connectivity index (χ1n) is 6.71. The lowest BCUT2D eigenvalue weighted by Crippen LogP contribution is -2.22. The number of hydrogen-bond acceptors (Lipinski definition) is 3. The van der Waals surface area contributed by atoms with Gasteiger partial charge in [-0.1, -0.05) is 19.1 Å². The second kappa shape index (κ2) is 6.37. The van der Waals surface area contributed by atoms with Gasteiger partial charge in [0, 0.05) is 15.3 Å². The van der Waals surface area contributed by atoms with Crippen molar-refractivity contribution in [1.82, 2.24) is 5.32 Å². The number of halogens is 1. The normalized spacial score (nSPS) is 12.4. The number of methoxy groups -OCH3 is 1. The Morgan fingerprint density at radius 2 is 2.10 bits per heavy atom. The van der Waals surface area contributed by atoms with Crippen LogP contribution >= 0.6 is 11.3 Å². The van der Waals surface area contributed by atoms with E-state index in [1.54, 1.807) is 17.4 Å². The Morgan fingerprint density at radius 3 is 2.65 bits per heavy atom. The van der Waals surface area contributed by atoms with E-state index in [4.69, 9.17) is 4.74 Å². The molecule has 0 saturated carbocycles. The molecule has 4 heteroatoms. The summed E-state index contributed by atoms with van der Waals surface area (Å²) in [5, 5.41) is 3.36. The first-order chi connectivity index (χ1) is 9.58. The molecule has 0 bridgehead atoms. The van der Waals surface area contributed by atoms with Crippen molar-refractivity contribution in [3.8, 4) is 5.75 Å². The summed E-state index contributed by atoms with van der Waals surface area (Å²) < 4.78 is 19.6. The van der Waals surface area contributed by atoms with Crippen molar-refractivity contribution in [3.63, 3.8) is 0 Å². The molecule has 2 aromatic rings. The van der Waals surface area contributed by atoms with Crippen molar-refractivity contribution in [2.45, 2.75) is 26.8 Å². The average molecular weight is 293 g/mol. The summed E-state index contributed by atoms with van der Waals surface area (Å²) in [7, 11) is 1.49. The zero-order chi connectivity index (χ0) is 14.7. The maximum absolute atomic E-state index is 14.5. The van der Waals surface area contributed by atoms with Crippen LogP contribution in [0.4, 0.5) is 4.39 Å². The van der Waals surface area contributed by atoms with Gasteiger partial charge < -0.3 is 10.1 Å². The van der Waals surface area contributed by atoms with Gasteiger partial charge >= 0.3 is 0 Å². The summed E-state index contributed by atoms with van der Waals surface area (Å²) in [6.07, 6.45) is 0. The summed E-state index contributed by atoms with van der Waals surface area (Å²) in [6.45, 7) is 6.98. The summed E-state index contributed by atoms with van der Waals surface area (Å²) in [6, 6.07) is 7.29. The maximum atomic E-state index is 14.5. The van der Waals surface area contributed by atoms with Crippen LogP contribution in [0.5, 0.6) is 5.75 Å². The van der Waals surface area contributed by atoms with Crippen molar-refractivity contribution in [2.75, 3.05) is 13.7 Å². The van der Waals surface area contributed by atoms with Gasteiger partial charge in [-0.15, -0.1) is 11.3 Å². The van der Waals surface area contributed by atoms with E-state index in [9.17, 15) is 4.39 Å². The minimum absolute atomic E-state index is 0.132. The molecule has 1 N–H and O–H groups in total. The number of thiophene rings is 1. The van der Waals surface area contributed by atoms with Crippen LogP contribution in [0, 0.1) is 19.7 Å². The summed E-state index contributed by atoms with van der Waals surface area (Å²) in [5.41, 5.74) is 1.88. The molecule has 108 valence electrons. The Morgan fingerprint density at radius 1 is 1.35 bits per heavy atom. The van der Waals surface area contributed by atoms with Crippen LogP contribution in [-0.4, -0.2) is 13.7 Å². The summed E-state index contributed by atoms with van der Waals surface area (Å²) in [5.74, 6) is 0.0000548. The van der Waals surface area contributed by atoms with E-state index >= 15 is 0 Å². The molecule has 0 aliphatic heterocycles. The largest absolute Gasteiger partial charge is 0.494 e. The second-order valence-electron chi connectivity index (χ2n) is 4.74. The van der Waals surface area contributed by atoms with Crippen LogP contribution in [0.1, 0.15) is 33.8 Å². The molecule has 0 aliphatic rings. The van der Waals surface area contributed by atoms with Gasteiger partial charge in [0.25, 0.3) is 0 Å². The Labute approximate surface area is 123 Å². The fraction of sp³-hybridized carbons (Fsp3) is 0.375. The van der Waals surface area contributed by atoms with Gasteiger partial charge in [0.15, 0.2) is 11.6 Å². The Kier molecular flexibility index (Phi) is 4.78. The molecule has 0 amide bonds. The van der Waals surface area contributed by atoms with Gasteiger partial charge in [0.1, 0.15) is 0 Å². The predicted molar refractivity (Wildman–Crippen MR) is 82.3 cm³/mol. The second-order valence-corrected chi connectivity index (χ2v) is 6.03. The van der Waals surface area contributed by atoms with Gasteiger partial charge in [-0.25, -0.2) is 4.39 Å². The SMILES string of the molecule is CCNC(c1cc(C)c(C)s1)c1cccc(OC)c1F. The number of benzene rings is 1. The lowest BCUT2D eigenvalue weighted by Gasteiger charge is -2.18. The van der Waals surface area contributed by atoms with E-state index in [0.29, 0.717) is 5.56 Å². The van der Waals surface area contributed by atoms with Gasteiger partial charge in [-0.3, -0.25) is 0 Å². The molecule has 2 rings (SSSR count). The quantitative estimate of drug-likeness (QED) is 0.891. The standard InChI is InChI=1S/C16H20FNOS/c1-5-18-16(14-9-10(2)11(3)20-14)12-7-6-8-13(19-4)15(12)17/h6-9,16,18H,5H2,1-4H3. The number of hydrogen-bond donors (Lipinski definition) is 1. The highest BCUT2D eigenvalue weighted by Crippen LogP contribution is 2.34. The lowest BCUT2D eigenvalue weighted by molar-refractivity contribution is 0.382. The van der Waals surface area contributed by atoms with E-state index in [1.807, 2.05) is 19.1 Å². The van der Waals surface area contributed by atoms with Gasteiger partial charge in [-0.2, -0.15) is 0 Å². The van der Waals surface area contributed by atoms with E-state index in [0.717, 1.165) is 11.4 Å². The highest BCUT2D eigenvalue weighted by Gasteiger charge is 2.21. The van der Waals surface area contributed by atoms with Crippen molar-refractivity contribution in [3.05, 3.63) is 51.0 Å². The minimum Gasteiger partial charge on any atom is -0.494 e. The topological polar surface area (TPSA) is 21.3 Å². The van der Waals surface area contributed by atoms with Crippen LogP contribution in [0.2, 0.25) is 0 Å². The highest BCUT2D eigenvalue weighted by molar-refractivity contribution is 7.12. The van der Waals surface area contributed by atoms with Crippen LogP contribution in [0.15, 0.2) is 24.3 Å². The molecule has 0 fully saturated rings. The first kappa shape index (κ1) is 15.0. The highest BCUT2D eigenvalue weighted by atomic mass is 32.1. The smallest absolute Gasteiger partial charge is 0.170 e. The van der Waals surface area contributed by atoms with Crippen LogP contribution in [-0.2, 0) is 0 Å². The molecule has 0 radical (unpaired) electrons. The Balaban J connectivity index is 2.48.